The predicted octanol–water partition coefficient (Wildman–Crippen LogP) is 1.12. The predicted molar refractivity (Wildman–Crippen MR) is 74.3 cm³/mol. The zero-order valence-corrected chi connectivity index (χ0v) is 12.3. The first kappa shape index (κ1) is 17.6. The maximum absolute atomic E-state index is 11.1. The Morgan fingerprint density at radius 1 is 1.00 bits per heavy atom. The van der Waals surface area contributed by atoms with Gasteiger partial charge in [-0.2, -0.15) is 25.3 Å². The van der Waals surface area contributed by atoms with Crippen LogP contribution in [0, 0.1) is 0 Å². The van der Waals surface area contributed by atoms with Gasteiger partial charge in [0.05, 0.1) is 12.8 Å². The van der Waals surface area contributed by atoms with Gasteiger partial charge in [-0.25, -0.2) is 0 Å². The molecule has 0 atom stereocenters. The van der Waals surface area contributed by atoms with Crippen molar-refractivity contribution in [3.8, 4) is 0 Å². The van der Waals surface area contributed by atoms with E-state index in [0.29, 0.717) is 18.1 Å². The second-order valence-electron chi connectivity index (χ2n) is 3.39. The van der Waals surface area contributed by atoms with Crippen molar-refractivity contribution < 1.29 is 23.8 Å². The van der Waals surface area contributed by atoms with E-state index in [1.54, 1.807) is 0 Å². The van der Waals surface area contributed by atoms with Crippen molar-refractivity contribution >= 4 is 37.2 Å². The van der Waals surface area contributed by atoms with Crippen LogP contribution in [0.3, 0.4) is 0 Å². The summed E-state index contributed by atoms with van der Waals surface area (Å²) in [4.78, 5) is 22.3. The Hall–Kier alpha value is -0.400. The van der Waals surface area contributed by atoms with Gasteiger partial charge in [0.25, 0.3) is 0 Å². The van der Waals surface area contributed by atoms with Crippen LogP contribution in [0.4, 0.5) is 0 Å². The molecule has 0 radical (unpaired) electrons. The number of carbonyl (C=O) groups is 2. The van der Waals surface area contributed by atoms with E-state index in [2.05, 4.69) is 25.3 Å². The second kappa shape index (κ2) is 11.7. The van der Waals surface area contributed by atoms with Crippen LogP contribution in [0.15, 0.2) is 0 Å². The lowest BCUT2D eigenvalue weighted by atomic mass is 10.4. The molecule has 0 saturated heterocycles. The third-order valence-electron chi connectivity index (χ3n) is 1.89. The average Bonchev–Trinajstić information content (AvgIpc) is 2.33. The molecule has 18 heavy (non-hydrogen) atoms. The van der Waals surface area contributed by atoms with E-state index in [1.165, 1.54) is 0 Å². The summed E-state index contributed by atoms with van der Waals surface area (Å²) >= 11 is 7.86. The lowest BCUT2D eigenvalue weighted by Gasteiger charge is -2.17. The van der Waals surface area contributed by atoms with E-state index < -0.39 is 6.10 Å². The molecule has 0 aliphatic rings. The fraction of sp³-hybridized carbons (Fsp3) is 0.818. The van der Waals surface area contributed by atoms with E-state index in [9.17, 15) is 9.59 Å². The van der Waals surface area contributed by atoms with Gasteiger partial charge in [-0.05, 0) is 6.92 Å². The van der Waals surface area contributed by atoms with Crippen LogP contribution in [0.5, 0.6) is 0 Å². The summed E-state index contributed by atoms with van der Waals surface area (Å²) in [6.45, 7) is 2.43. The van der Waals surface area contributed by atoms with Crippen molar-refractivity contribution in [1.82, 2.24) is 0 Å². The Morgan fingerprint density at radius 2 is 1.44 bits per heavy atom. The van der Waals surface area contributed by atoms with Crippen LogP contribution in [-0.2, 0) is 23.8 Å². The minimum atomic E-state index is -0.428. The molecule has 0 aromatic rings. The first-order valence-electron chi connectivity index (χ1n) is 5.78. The summed E-state index contributed by atoms with van der Waals surface area (Å²) in [5.41, 5.74) is 0. The molecule has 0 N–H and O–H groups in total. The number of rotatable bonds is 10. The highest BCUT2D eigenvalue weighted by Crippen LogP contribution is 1.99. The highest BCUT2D eigenvalue weighted by molar-refractivity contribution is 7.80. The van der Waals surface area contributed by atoms with Crippen LogP contribution >= 0.6 is 25.3 Å². The number of thiol groups is 2. The fourth-order valence-electron chi connectivity index (χ4n) is 1.08. The molecule has 0 bridgehead atoms. The topological polar surface area (TPSA) is 61.8 Å². The summed E-state index contributed by atoms with van der Waals surface area (Å²) in [7, 11) is 0. The highest BCUT2D eigenvalue weighted by Gasteiger charge is 2.14. The van der Waals surface area contributed by atoms with Crippen LogP contribution in [0.25, 0.3) is 0 Å². The van der Waals surface area contributed by atoms with E-state index in [4.69, 9.17) is 14.2 Å². The average molecular weight is 296 g/mol. The third-order valence-corrected chi connectivity index (χ3v) is 2.34. The van der Waals surface area contributed by atoms with Gasteiger partial charge in [0, 0.05) is 18.1 Å². The van der Waals surface area contributed by atoms with Gasteiger partial charge in [-0.1, -0.05) is 0 Å². The largest absolute Gasteiger partial charge is 0.463 e. The minimum absolute atomic E-state index is 0.0780. The Balaban J connectivity index is 3.91. The molecule has 0 aromatic carbocycles. The number of carbonyl (C=O) groups excluding carboxylic acids is 2. The Bertz CT molecular complexity index is 226. The molecule has 0 aliphatic carbocycles. The van der Waals surface area contributed by atoms with Crippen LogP contribution in [-0.4, -0.2) is 49.4 Å². The Labute approximate surface area is 118 Å². The molecule has 0 amide bonds. The van der Waals surface area contributed by atoms with Crippen molar-refractivity contribution in [2.75, 3.05) is 31.3 Å². The summed E-state index contributed by atoms with van der Waals surface area (Å²) in [5.74, 6) is 0.206. The first-order chi connectivity index (χ1) is 8.63. The van der Waals surface area contributed by atoms with Gasteiger partial charge in [0.1, 0.15) is 19.3 Å². The summed E-state index contributed by atoms with van der Waals surface area (Å²) in [6, 6.07) is 0. The SMILES string of the molecule is CCOC(COC(=O)CCS)COC(=O)CCS. The maximum Gasteiger partial charge on any atom is 0.306 e. The van der Waals surface area contributed by atoms with Crippen LogP contribution < -0.4 is 0 Å². The molecule has 0 spiro atoms. The highest BCUT2D eigenvalue weighted by atomic mass is 32.1. The molecule has 5 nitrogen and oxygen atoms in total. The molecule has 0 fully saturated rings. The second-order valence-corrected chi connectivity index (χ2v) is 4.29. The fourth-order valence-corrected chi connectivity index (χ4v) is 1.44. The summed E-state index contributed by atoms with van der Waals surface area (Å²) in [6.07, 6.45) is 0.0747. The molecule has 0 heterocycles. The smallest absolute Gasteiger partial charge is 0.306 e. The number of hydrogen-bond donors (Lipinski definition) is 2. The van der Waals surface area contributed by atoms with Crippen LogP contribution in [0.2, 0.25) is 0 Å². The summed E-state index contributed by atoms with van der Waals surface area (Å²) < 4.78 is 15.2. The molecular weight excluding hydrogens is 276 g/mol. The molecule has 0 saturated carbocycles. The van der Waals surface area contributed by atoms with Crippen molar-refractivity contribution in [2.45, 2.75) is 25.9 Å². The minimum Gasteiger partial charge on any atom is -0.463 e. The number of ether oxygens (including phenoxy) is 3. The molecule has 106 valence electrons. The molecule has 0 aromatic heterocycles. The monoisotopic (exact) mass is 296 g/mol. The van der Waals surface area contributed by atoms with E-state index in [1.807, 2.05) is 6.92 Å². The van der Waals surface area contributed by atoms with Gasteiger partial charge in [0.2, 0.25) is 0 Å². The first-order valence-corrected chi connectivity index (χ1v) is 7.05. The van der Waals surface area contributed by atoms with E-state index in [-0.39, 0.29) is 38.0 Å². The molecule has 0 rings (SSSR count). The van der Waals surface area contributed by atoms with Crippen molar-refractivity contribution in [2.24, 2.45) is 0 Å². The van der Waals surface area contributed by atoms with Gasteiger partial charge in [-0.15, -0.1) is 0 Å². The van der Waals surface area contributed by atoms with Crippen molar-refractivity contribution in [3.05, 3.63) is 0 Å². The normalized spacial score (nSPS) is 10.4. The summed E-state index contributed by atoms with van der Waals surface area (Å²) in [5, 5.41) is 0. The quantitative estimate of drug-likeness (QED) is 0.467. The molecule has 0 unspecified atom stereocenters. The van der Waals surface area contributed by atoms with E-state index >= 15 is 0 Å². The Morgan fingerprint density at radius 3 is 1.78 bits per heavy atom. The zero-order valence-electron chi connectivity index (χ0n) is 10.5. The zero-order chi connectivity index (χ0) is 13.8. The van der Waals surface area contributed by atoms with Crippen molar-refractivity contribution in [1.29, 1.82) is 0 Å². The lowest BCUT2D eigenvalue weighted by Crippen LogP contribution is -2.28. The Kier molecular flexibility index (Phi) is 11.4. The van der Waals surface area contributed by atoms with E-state index in [0.717, 1.165) is 0 Å². The van der Waals surface area contributed by atoms with Crippen molar-refractivity contribution in [3.63, 3.8) is 0 Å². The maximum atomic E-state index is 11.1. The van der Waals surface area contributed by atoms with Crippen LogP contribution in [0.1, 0.15) is 19.8 Å². The van der Waals surface area contributed by atoms with Gasteiger partial charge >= 0.3 is 11.9 Å². The molecule has 0 aliphatic heterocycles. The lowest BCUT2D eigenvalue weighted by molar-refractivity contribution is -0.154. The third kappa shape index (κ3) is 9.61. The standard InChI is InChI=1S/C11H20O5S2/c1-2-14-9(7-15-10(12)3-5-17)8-16-11(13)4-6-18/h9,17-18H,2-8H2,1H3. The van der Waals surface area contributed by atoms with Gasteiger partial charge < -0.3 is 14.2 Å². The van der Waals surface area contributed by atoms with Gasteiger partial charge in [0.15, 0.2) is 0 Å². The van der Waals surface area contributed by atoms with Gasteiger partial charge in [-0.3, -0.25) is 9.59 Å². The number of hydrogen-bond acceptors (Lipinski definition) is 7. The molecular formula is C11H20O5S2. The molecule has 7 heteroatoms. The number of esters is 2.